The molecule has 2 nitrogen and oxygen atoms in total. The number of ketones is 1. The molecule has 0 heterocycles. The van der Waals surface area contributed by atoms with Crippen LogP contribution in [-0.2, 0) is 4.79 Å². The van der Waals surface area contributed by atoms with Crippen molar-refractivity contribution >= 4 is 17.4 Å². The van der Waals surface area contributed by atoms with Crippen LogP contribution < -0.4 is 0 Å². The van der Waals surface area contributed by atoms with Crippen LogP contribution in [0.4, 0.5) is 4.39 Å². The molecule has 0 aromatic heterocycles. The average molecular weight is 129 g/mol. The van der Waals surface area contributed by atoms with Gasteiger partial charge >= 0.3 is 0 Å². The quantitative estimate of drug-likeness (QED) is 0.468. The Kier molecular flexibility index (Phi) is 5.72. The number of carbonyl (C=O) groups excluding carboxylic acids is 1. The van der Waals surface area contributed by atoms with Crippen LogP contribution in [0.15, 0.2) is 0 Å². The number of alkyl halides is 2. The molecule has 0 amide bonds. The topological polar surface area (TPSA) is 48.6 Å². The van der Waals surface area contributed by atoms with Crippen molar-refractivity contribution in [3.05, 3.63) is 0 Å². The molecule has 2 N–H and O–H groups in total. The van der Waals surface area contributed by atoms with Gasteiger partial charge in [-0.3, -0.25) is 4.79 Å². The van der Waals surface area contributed by atoms with E-state index in [4.69, 9.17) is 0 Å². The highest BCUT2D eigenvalue weighted by Crippen LogP contribution is 1.95. The minimum atomic E-state index is -1.81. The molecule has 1 unspecified atom stereocenters. The second kappa shape index (κ2) is 4.02. The maximum atomic E-state index is 11.2. The van der Waals surface area contributed by atoms with Crippen LogP contribution in [0, 0.1) is 0 Å². The van der Waals surface area contributed by atoms with Gasteiger partial charge in [-0.1, -0.05) is 11.6 Å². The molecule has 7 heavy (non-hydrogen) atoms. The maximum Gasteiger partial charge on any atom is 0.230 e. The third kappa shape index (κ3) is 5.85. The van der Waals surface area contributed by atoms with E-state index in [0.29, 0.717) is 0 Å². The van der Waals surface area contributed by atoms with E-state index in [9.17, 15) is 9.18 Å². The minimum Gasteiger partial charge on any atom is -0.412 e. The summed E-state index contributed by atoms with van der Waals surface area (Å²) in [6.45, 7) is 1.09. The Morgan fingerprint density at radius 3 is 2.00 bits per heavy atom. The van der Waals surface area contributed by atoms with Crippen molar-refractivity contribution in [3.63, 3.8) is 0 Å². The van der Waals surface area contributed by atoms with E-state index in [1.807, 2.05) is 0 Å². The van der Waals surface area contributed by atoms with Gasteiger partial charge in [0.05, 0.1) is 0 Å². The fourth-order valence-corrected chi connectivity index (χ4v) is 0. The second-order valence-corrected chi connectivity index (χ2v) is 1.29. The SMILES string of the molecule is CC(=O)C(F)Cl.O. The van der Waals surface area contributed by atoms with Gasteiger partial charge in [-0.05, 0) is 6.92 Å². The third-order valence-electron chi connectivity index (χ3n) is 0.307. The molecule has 0 aliphatic rings. The van der Waals surface area contributed by atoms with Gasteiger partial charge < -0.3 is 5.48 Å². The first-order valence-electron chi connectivity index (χ1n) is 1.43. The molecular weight excluding hydrogens is 122 g/mol. The molecule has 0 bridgehead atoms. The van der Waals surface area contributed by atoms with Gasteiger partial charge in [0.1, 0.15) is 0 Å². The number of rotatable bonds is 1. The summed E-state index contributed by atoms with van der Waals surface area (Å²) in [6.07, 6.45) is 0. The molecule has 0 saturated heterocycles. The molecule has 0 aliphatic carbocycles. The zero-order valence-corrected chi connectivity index (χ0v) is 4.50. The molecule has 0 aromatic carbocycles. The highest BCUT2D eigenvalue weighted by Gasteiger charge is 2.03. The predicted octanol–water partition coefficient (Wildman–Crippen LogP) is 0.285. The van der Waals surface area contributed by atoms with Gasteiger partial charge in [0, 0.05) is 0 Å². The first-order chi connectivity index (χ1) is 2.64. The van der Waals surface area contributed by atoms with Crippen LogP contribution in [0.2, 0.25) is 0 Å². The van der Waals surface area contributed by atoms with E-state index in [1.54, 1.807) is 0 Å². The number of halogens is 2. The van der Waals surface area contributed by atoms with Gasteiger partial charge in [-0.15, -0.1) is 0 Å². The molecule has 0 aromatic rings. The van der Waals surface area contributed by atoms with Gasteiger partial charge in [0.25, 0.3) is 0 Å². The van der Waals surface area contributed by atoms with Crippen LogP contribution in [0.1, 0.15) is 6.92 Å². The van der Waals surface area contributed by atoms with E-state index in [2.05, 4.69) is 11.6 Å². The number of hydrogen-bond acceptors (Lipinski definition) is 1. The van der Waals surface area contributed by atoms with E-state index >= 15 is 0 Å². The lowest BCUT2D eigenvalue weighted by Crippen LogP contribution is -2.00. The van der Waals surface area contributed by atoms with Crippen molar-refractivity contribution < 1.29 is 14.7 Å². The molecule has 0 aliphatic heterocycles. The summed E-state index contributed by atoms with van der Waals surface area (Å²) in [5, 5.41) is 0. The van der Waals surface area contributed by atoms with Crippen LogP contribution in [0.5, 0.6) is 0 Å². The molecule has 0 radical (unpaired) electrons. The zero-order chi connectivity index (χ0) is 5.15. The van der Waals surface area contributed by atoms with E-state index in [1.165, 1.54) is 0 Å². The highest BCUT2D eigenvalue weighted by molar-refractivity contribution is 6.29. The lowest BCUT2D eigenvalue weighted by molar-refractivity contribution is -0.119. The number of carbonyl (C=O) groups is 1. The predicted molar refractivity (Wildman–Crippen MR) is 25.0 cm³/mol. The zero-order valence-electron chi connectivity index (χ0n) is 3.74. The number of hydrogen-bond donors (Lipinski definition) is 0. The summed E-state index contributed by atoms with van der Waals surface area (Å²) >= 11 is 4.60. The van der Waals surface area contributed by atoms with Crippen molar-refractivity contribution in [3.8, 4) is 0 Å². The minimum absolute atomic E-state index is 0. The lowest BCUT2D eigenvalue weighted by Gasteiger charge is -1.83. The summed E-state index contributed by atoms with van der Waals surface area (Å²) in [6, 6.07) is 0. The van der Waals surface area contributed by atoms with Crippen molar-refractivity contribution in [1.29, 1.82) is 0 Å². The summed E-state index contributed by atoms with van der Waals surface area (Å²) in [7, 11) is 0. The summed E-state index contributed by atoms with van der Waals surface area (Å²) in [5.41, 5.74) is -1.81. The van der Waals surface area contributed by atoms with Crippen LogP contribution in [0.25, 0.3) is 0 Å². The standard InChI is InChI=1S/C3H4ClFO.H2O/c1-2(6)3(4)5;/h3H,1H3;1H2. The summed E-state index contributed by atoms with van der Waals surface area (Å²) in [5.74, 6) is -0.642. The largest absolute Gasteiger partial charge is 0.412 e. The lowest BCUT2D eigenvalue weighted by atomic mass is 10.5. The smallest absolute Gasteiger partial charge is 0.230 e. The van der Waals surface area contributed by atoms with Gasteiger partial charge in [0.2, 0.25) is 5.63 Å². The van der Waals surface area contributed by atoms with Crippen molar-refractivity contribution in [1.82, 2.24) is 0 Å². The van der Waals surface area contributed by atoms with Gasteiger partial charge in [-0.25, -0.2) is 4.39 Å². The van der Waals surface area contributed by atoms with Gasteiger partial charge in [-0.2, -0.15) is 0 Å². The fourth-order valence-electron chi connectivity index (χ4n) is 0. The maximum absolute atomic E-state index is 11.2. The van der Waals surface area contributed by atoms with E-state index in [0.717, 1.165) is 6.92 Å². The monoisotopic (exact) mass is 128 g/mol. The Morgan fingerprint density at radius 1 is 1.86 bits per heavy atom. The van der Waals surface area contributed by atoms with Crippen LogP contribution in [0.3, 0.4) is 0 Å². The molecule has 0 saturated carbocycles. The Hall–Kier alpha value is -0.150. The molecule has 0 rings (SSSR count). The highest BCUT2D eigenvalue weighted by atomic mass is 35.5. The Labute approximate surface area is 45.6 Å². The van der Waals surface area contributed by atoms with Crippen LogP contribution >= 0.6 is 11.6 Å². The molecule has 0 fully saturated rings. The Morgan fingerprint density at radius 2 is 2.00 bits per heavy atom. The summed E-state index contributed by atoms with van der Waals surface area (Å²) in [4.78, 5) is 9.64. The average Bonchev–Trinajstić information content (AvgIpc) is 1.36. The Balaban J connectivity index is 0. The summed E-state index contributed by atoms with van der Waals surface area (Å²) < 4.78 is 11.2. The molecule has 4 heteroatoms. The number of Topliss-reactive ketones (excluding diaryl/α,β-unsaturated/α-hetero) is 1. The Bertz CT molecular complexity index is 64.0. The van der Waals surface area contributed by atoms with E-state index in [-0.39, 0.29) is 5.48 Å². The van der Waals surface area contributed by atoms with E-state index < -0.39 is 11.4 Å². The first-order valence-corrected chi connectivity index (χ1v) is 1.87. The van der Waals surface area contributed by atoms with Crippen molar-refractivity contribution in [2.45, 2.75) is 12.6 Å². The van der Waals surface area contributed by atoms with Crippen molar-refractivity contribution in [2.75, 3.05) is 0 Å². The molecule has 0 spiro atoms. The van der Waals surface area contributed by atoms with Crippen molar-refractivity contribution in [2.24, 2.45) is 0 Å². The second-order valence-electron chi connectivity index (χ2n) is 0.911. The van der Waals surface area contributed by atoms with Crippen LogP contribution in [-0.4, -0.2) is 16.9 Å². The molecular formula is C3H6ClFO2. The third-order valence-corrected chi connectivity index (χ3v) is 0.615. The fraction of sp³-hybridized carbons (Fsp3) is 0.667. The first kappa shape index (κ1) is 9.97. The normalized spacial score (nSPS) is 11.9. The molecule has 44 valence electrons. The molecule has 1 atom stereocenters. The van der Waals surface area contributed by atoms with Gasteiger partial charge in [0.15, 0.2) is 5.78 Å².